The Morgan fingerprint density at radius 3 is 2.41 bits per heavy atom. The average Bonchev–Trinajstić information content (AvgIpc) is 3.36. The van der Waals surface area contributed by atoms with Crippen LogP contribution in [0.15, 0.2) is 47.1 Å². The highest BCUT2D eigenvalue weighted by atomic mass is 32.1. The molecule has 0 bridgehead atoms. The highest BCUT2D eigenvalue weighted by Crippen LogP contribution is 2.35. The number of carbonyl (C=O) groups is 3. The molecule has 0 atom stereocenters. The first-order chi connectivity index (χ1) is 14.0. The number of thiophene rings is 1. The van der Waals surface area contributed by atoms with E-state index in [0.29, 0.717) is 17.0 Å². The molecule has 0 aliphatic heterocycles. The van der Waals surface area contributed by atoms with Crippen molar-refractivity contribution < 1.29 is 28.3 Å². The van der Waals surface area contributed by atoms with E-state index in [-0.39, 0.29) is 21.2 Å². The molecule has 2 amide bonds. The number of hydrogen-bond acceptors (Lipinski definition) is 7. The summed E-state index contributed by atoms with van der Waals surface area (Å²) in [5.74, 6) is -1.08. The van der Waals surface area contributed by atoms with E-state index in [1.807, 2.05) is 0 Å². The number of methoxy groups -OCH3 is 2. The van der Waals surface area contributed by atoms with Crippen LogP contribution in [-0.4, -0.2) is 32.0 Å². The fourth-order valence-corrected chi connectivity index (χ4v) is 3.75. The number of amides is 2. The number of rotatable bonds is 6. The number of hydrogen-bond donors (Lipinski definition) is 2. The predicted molar refractivity (Wildman–Crippen MR) is 108 cm³/mol. The second kappa shape index (κ2) is 8.61. The Bertz CT molecular complexity index is 1060. The zero-order chi connectivity index (χ0) is 21.0. The molecule has 3 rings (SSSR count). The summed E-state index contributed by atoms with van der Waals surface area (Å²) in [5, 5.41) is 5.57. The van der Waals surface area contributed by atoms with Gasteiger partial charge in [0.15, 0.2) is 5.76 Å². The van der Waals surface area contributed by atoms with Crippen LogP contribution in [0.4, 0.5) is 10.7 Å². The first-order valence-corrected chi connectivity index (χ1v) is 9.28. The first-order valence-electron chi connectivity index (χ1n) is 8.47. The van der Waals surface area contributed by atoms with E-state index >= 15 is 0 Å². The van der Waals surface area contributed by atoms with E-state index < -0.39 is 17.8 Å². The minimum absolute atomic E-state index is 0.0758. The lowest BCUT2D eigenvalue weighted by Crippen LogP contribution is -2.14. The van der Waals surface area contributed by atoms with Crippen LogP contribution in [0, 0.1) is 6.92 Å². The minimum atomic E-state index is -0.662. The van der Waals surface area contributed by atoms with Crippen molar-refractivity contribution in [2.75, 3.05) is 24.9 Å². The summed E-state index contributed by atoms with van der Waals surface area (Å²) in [6, 6.07) is 10.0. The van der Waals surface area contributed by atoms with Gasteiger partial charge in [-0.3, -0.25) is 9.59 Å². The summed E-state index contributed by atoms with van der Waals surface area (Å²) in [7, 11) is 2.73. The summed E-state index contributed by atoms with van der Waals surface area (Å²) in [5.41, 5.74) is 0.986. The molecule has 3 aromatic rings. The van der Waals surface area contributed by atoms with Crippen LogP contribution < -0.4 is 15.4 Å². The molecule has 0 saturated heterocycles. The topological polar surface area (TPSA) is 107 Å². The Balaban J connectivity index is 1.94. The maximum atomic E-state index is 12.9. The maximum Gasteiger partial charge on any atom is 0.341 e. The van der Waals surface area contributed by atoms with Gasteiger partial charge in [-0.05, 0) is 36.8 Å². The second-order valence-electron chi connectivity index (χ2n) is 5.84. The molecule has 0 saturated carbocycles. The standard InChI is InChI=1S/C20H18N2O6S/c1-11-15(20(25)27-3)19(22-17(23)14-9-6-10-28-14)29-16(11)18(24)21-12-7-4-5-8-13(12)26-2/h4-10H,1-3H3,(H,21,24)(H,22,23). The van der Waals surface area contributed by atoms with Crippen molar-refractivity contribution in [3.8, 4) is 5.75 Å². The van der Waals surface area contributed by atoms with Crippen molar-refractivity contribution in [1.29, 1.82) is 0 Å². The minimum Gasteiger partial charge on any atom is -0.495 e. The third kappa shape index (κ3) is 4.14. The van der Waals surface area contributed by atoms with Gasteiger partial charge in [-0.15, -0.1) is 11.3 Å². The van der Waals surface area contributed by atoms with Crippen LogP contribution in [0.2, 0.25) is 0 Å². The summed E-state index contributed by atoms with van der Waals surface area (Å²) in [6.45, 7) is 1.61. The van der Waals surface area contributed by atoms with Crippen LogP contribution in [0.5, 0.6) is 5.75 Å². The first kappa shape index (κ1) is 20.2. The Hall–Kier alpha value is -3.59. The van der Waals surface area contributed by atoms with Crippen molar-refractivity contribution in [3.63, 3.8) is 0 Å². The lowest BCUT2D eigenvalue weighted by atomic mass is 10.1. The Morgan fingerprint density at radius 2 is 1.76 bits per heavy atom. The number of furan rings is 1. The van der Waals surface area contributed by atoms with E-state index in [2.05, 4.69) is 10.6 Å². The number of anilines is 2. The molecule has 0 unspecified atom stereocenters. The summed E-state index contributed by atoms with van der Waals surface area (Å²) in [6.07, 6.45) is 1.36. The fraction of sp³-hybridized carbons (Fsp3) is 0.150. The molecule has 0 fully saturated rings. The number of nitrogens with one attached hydrogen (secondary N) is 2. The highest BCUT2D eigenvalue weighted by molar-refractivity contribution is 7.19. The lowest BCUT2D eigenvalue weighted by Gasteiger charge is -2.09. The van der Waals surface area contributed by atoms with E-state index in [0.717, 1.165) is 11.3 Å². The second-order valence-corrected chi connectivity index (χ2v) is 6.86. The monoisotopic (exact) mass is 414 g/mol. The van der Waals surface area contributed by atoms with Gasteiger partial charge in [-0.1, -0.05) is 12.1 Å². The molecule has 0 aliphatic carbocycles. The van der Waals surface area contributed by atoms with Crippen LogP contribution in [0.25, 0.3) is 0 Å². The zero-order valence-electron chi connectivity index (χ0n) is 15.9. The number of para-hydroxylation sites is 2. The van der Waals surface area contributed by atoms with Crippen LogP contribution in [0.3, 0.4) is 0 Å². The smallest absolute Gasteiger partial charge is 0.341 e. The maximum absolute atomic E-state index is 12.9. The van der Waals surface area contributed by atoms with Gasteiger partial charge in [-0.25, -0.2) is 4.79 Å². The summed E-state index contributed by atoms with van der Waals surface area (Å²) < 4.78 is 15.1. The molecule has 1 aromatic carbocycles. The van der Waals surface area contributed by atoms with Crippen molar-refractivity contribution in [2.45, 2.75) is 6.92 Å². The molecule has 9 heteroatoms. The van der Waals surface area contributed by atoms with E-state index in [9.17, 15) is 14.4 Å². The highest BCUT2D eigenvalue weighted by Gasteiger charge is 2.27. The lowest BCUT2D eigenvalue weighted by molar-refractivity contribution is 0.0601. The van der Waals surface area contributed by atoms with E-state index in [1.165, 1.54) is 26.5 Å². The normalized spacial score (nSPS) is 10.3. The largest absolute Gasteiger partial charge is 0.495 e. The molecule has 29 heavy (non-hydrogen) atoms. The van der Waals surface area contributed by atoms with Crippen molar-refractivity contribution >= 4 is 39.8 Å². The third-order valence-electron chi connectivity index (χ3n) is 4.07. The van der Waals surface area contributed by atoms with Gasteiger partial charge in [-0.2, -0.15) is 0 Å². The van der Waals surface area contributed by atoms with E-state index in [1.54, 1.807) is 37.3 Å². The zero-order valence-corrected chi connectivity index (χ0v) is 16.7. The van der Waals surface area contributed by atoms with Gasteiger partial charge >= 0.3 is 5.97 Å². The number of ether oxygens (including phenoxy) is 2. The SMILES string of the molecule is COC(=O)c1c(NC(=O)c2ccco2)sc(C(=O)Nc2ccccc2OC)c1C. The van der Waals surface area contributed by atoms with Crippen LogP contribution in [-0.2, 0) is 4.74 Å². The number of carbonyl (C=O) groups excluding carboxylic acids is 3. The van der Waals surface area contributed by atoms with Crippen molar-refractivity contribution in [1.82, 2.24) is 0 Å². The molecule has 2 aromatic heterocycles. The molecule has 0 radical (unpaired) electrons. The molecule has 2 heterocycles. The Kier molecular flexibility index (Phi) is 5.99. The van der Waals surface area contributed by atoms with Gasteiger partial charge in [0.25, 0.3) is 11.8 Å². The van der Waals surface area contributed by atoms with Gasteiger partial charge < -0.3 is 24.5 Å². The molecular weight excluding hydrogens is 396 g/mol. The third-order valence-corrected chi connectivity index (χ3v) is 5.28. The summed E-state index contributed by atoms with van der Waals surface area (Å²) >= 11 is 0.969. The Labute approximate surface area is 170 Å². The number of esters is 1. The molecular formula is C20H18N2O6S. The van der Waals surface area contributed by atoms with Crippen molar-refractivity contribution in [2.24, 2.45) is 0 Å². The average molecular weight is 414 g/mol. The van der Waals surface area contributed by atoms with E-state index in [4.69, 9.17) is 13.9 Å². The predicted octanol–water partition coefficient (Wildman–Crippen LogP) is 3.95. The van der Waals surface area contributed by atoms with Gasteiger partial charge in [0.2, 0.25) is 0 Å². The van der Waals surface area contributed by atoms with Crippen molar-refractivity contribution in [3.05, 3.63) is 64.4 Å². The molecule has 0 aliphatic rings. The molecule has 150 valence electrons. The van der Waals surface area contributed by atoms with Gasteiger partial charge in [0.1, 0.15) is 10.8 Å². The Morgan fingerprint density at radius 1 is 1.00 bits per heavy atom. The molecule has 2 N–H and O–H groups in total. The van der Waals surface area contributed by atoms with Crippen LogP contribution >= 0.6 is 11.3 Å². The number of benzene rings is 1. The van der Waals surface area contributed by atoms with Crippen LogP contribution in [0.1, 0.15) is 36.1 Å². The van der Waals surface area contributed by atoms with Gasteiger partial charge in [0, 0.05) is 0 Å². The fourth-order valence-electron chi connectivity index (χ4n) is 2.67. The van der Waals surface area contributed by atoms with Gasteiger partial charge in [0.05, 0.1) is 36.6 Å². The molecule has 8 nitrogen and oxygen atoms in total. The quantitative estimate of drug-likeness (QED) is 0.592. The molecule has 0 spiro atoms. The summed E-state index contributed by atoms with van der Waals surface area (Å²) in [4.78, 5) is 37.7.